The lowest BCUT2D eigenvalue weighted by Gasteiger charge is -2.07. The van der Waals surface area contributed by atoms with E-state index in [1.54, 1.807) is 0 Å². The number of carbonyl (C=O) groups is 2. The zero-order valence-corrected chi connectivity index (χ0v) is 10.5. The second-order valence-corrected chi connectivity index (χ2v) is 4.69. The second-order valence-electron chi connectivity index (χ2n) is 3.70. The normalized spacial score (nSPS) is 10.3. The topological polar surface area (TPSA) is 79.3 Å². The summed E-state index contributed by atoms with van der Waals surface area (Å²) < 4.78 is 0. The molecule has 0 aromatic carbocycles. The Bertz CT molecular complexity index is 421. The molecule has 6 heteroatoms. The van der Waals surface area contributed by atoms with Gasteiger partial charge in [0.15, 0.2) is 0 Å². The number of thioether (sulfide) groups is 1. The maximum Gasteiger partial charge on any atom is 0.335 e. The van der Waals surface area contributed by atoms with Crippen LogP contribution in [0, 0.1) is 0 Å². The number of pyridine rings is 1. The number of hydrogen-bond donors (Lipinski definition) is 2. The number of carboxylic acid groups (broad SMARTS) is 1. The minimum atomic E-state index is -0.999. The number of carboxylic acids is 1. The zero-order chi connectivity index (χ0) is 12.8. The molecule has 0 aliphatic rings. The van der Waals surface area contributed by atoms with E-state index >= 15 is 0 Å². The van der Waals surface area contributed by atoms with Crippen LogP contribution in [0.2, 0.25) is 0 Å². The van der Waals surface area contributed by atoms with Crippen LogP contribution in [0.3, 0.4) is 0 Å². The van der Waals surface area contributed by atoms with Crippen molar-refractivity contribution < 1.29 is 14.7 Å². The Kier molecular flexibility index (Phi) is 4.96. The summed E-state index contributed by atoms with van der Waals surface area (Å²) in [5, 5.41) is 12.1. The van der Waals surface area contributed by atoms with Gasteiger partial charge in [0.05, 0.1) is 16.3 Å². The predicted octanol–water partition coefficient (Wildman–Crippen LogP) is 1.40. The maximum atomic E-state index is 11.4. The predicted molar refractivity (Wildman–Crippen MR) is 65.2 cm³/mol. The van der Waals surface area contributed by atoms with Crippen LogP contribution in [0.5, 0.6) is 0 Å². The van der Waals surface area contributed by atoms with Gasteiger partial charge in [-0.1, -0.05) is 11.8 Å². The van der Waals surface area contributed by atoms with Crippen LogP contribution in [0.15, 0.2) is 23.4 Å². The Labute approximate surface area is 104 Å². The number of aromatic nitrogens is 1. The molecule has 0 radical (unpaired) electrons. The van der Waals surface area contributed by atoms with Crippen LogP contribution < -0.4 is 5.32 Å². The van der Waals surface area contributed by atoms with Crippen LogP contribution in [0.4, 0.5) is 0 Å². The van der Waals surface area contributed by atoms with Gasteiger partial charge in [0.1, 0.15) is 0 Å². The highest BCUT2D eigenvalue weighted by molar-refractivity contribution is 7.99. The monoisotopic (exact) mass is 254 g/mol. The van der Waals surface area contributed by atoms with E-state index in [0.29, 0.717) is 5.03 Å². The number of amides is 1. The fraction of sp³-hybridized carbons (Fsp3) is 0.364. The van der Waals surface area contributed by atoms with Gasteiger partial charge in [-0.25, -0.2) is 9.78 Å². The first kappa shape index (κ1) is 13.5. The molecule has 0 fully saturated rings. The number of rotatable bonds is 5. The number of nitrogens with zero attached hydrogens (tertiary/aromatic N) is 1. The summed E-state index contributed by atoms with van der Waals surface area (Å²) in [7, 11) is 0. The molecule has 0 aliphatic carbocycles. The van der Waals surface area contributed by atoms with Gasteiger partial charge in [-0.2, -0.15) is 0 Å². The molecule has 1 heterocycles. The van der Waals surface area contributed by atoms with Crippen molar-refractivity contribution in [2.75, 3.05) is 5.75 Å². The van der Waals surface area contributed by atoms with Crippen molar-refractivity contribution in [1.29, 1.82) is 0 Å². The van der Waals surface area contributed by atoms with E-state index in [2.05, 4.69) is 10.3 Å². The quantitative estimate of drug-likeness (QED) is 0.776. The third-order valence-electron chi connectivity index (χ3n) is 1.78. The van der Waals surface area contributed by atoms with Crippen molar-refractivity contribution in [3.05, 3.63) is 23.9 Å². The third-order valence-corrected chi connectivity index (χ3v) is 2.71. The van der Waals surface area contributed by atoms with Gasteiger partial charge in [-0.15, -0.1) is 0 Å². The molecule has 1 rings (SSSR count). The highest BCUT2D eigenvalue weighted by atomic mass is 32.2. The molecule has 17 heavy (non-hydrogen) atoms. The maximum absolute atomic E-state index is 11.4. The fourth-order valence-corrected chi connectivity index (χ4v) is 1.83. The Hall–Kier alpha value is -1.56. The lowest BCUT2D eigenvalue weighted by molar-refractivity contribution is -0.119. The van der Waals surface area contributed by atoms with Gasteiger partial charge in [0.25, 0.3) is 0 Å². The summed E-state index contributed by atoms with van der Waals surface area (Å²) >= 11 is 1.22. The molecule has 0 aliphatic heterocycles. The summed E-state index contributed by atoms with van der Waals surface area (Å²) in [4.78, 5) is 26.1. The third kappa shape index (κ3) is 4.86. The Morgan fingerprint density at radius 3 is 2.82 bits per heavy atom. The Balaban J connectivity index is 2.54. The minimum Gasteiger partial charge on any atom is -0.478 e. The molecule has 0 bridgehead atoms. The van der Waals surface area contributed by atoms with E-state index in [0.717, 1.165) is 0 Å². The summed E-state index contributed by atoms with van der Waals surface area (Å²) in [5.41, 5.74) is 0.173. The second kappa shape index (κ2) is 6.24. The van der Waals surface area contributed by atoms with E-state index in [-0.39, 0.29) is 23.3 Å². The van der Waals surface area contributed by atoms with Crippen molar-refractivity contribution in [3.63, 3.8) is 0 Å². The first-order valence-corrected chi connectivity index (χ1v) is 6.09. The van der Waals surface area contributed by atoms with Gasteiger partial charge in [-0.05, 0) is 26.0 Å². The summed E-state index contributed by atoms with van der Waals surface area (Å²) in [5.74, 6) is -0.859. The number of aromatic carboxylic acids is 1. The van der Waals surface area contributed by atoms with Gasteiger partial charge >= 0.3 is 5.97 Å². The van der Waals surface area contributed by atoms with Crippen molar-refractivity contribution in [3.8, 4) is 0 Å². The van der Waals surface area contributed by atoms with Crippen LogP contribution in [0.25, 0.3) is 0 Å². The van der Waals surface area contributed by atoms with Crippen molar-refractivity contribution >= 4 is 23.6 Å². The molecule has 0 atom stereocenters. The van der Waals surface area contributed by atoms with Crippen molar-refractivity contribution in [2.24, 2.45) is 0 Å². The average Bonchev–Trinajstić information content (AvgIpc) is 2.26. The van der Waals surface area contributed by atoms with Crippen LogP contribution in [0.1, 0.15) is 24.2 Å². The van der Waals surface area contributed by atoms with Gasteiger partial charge in [0, 0.05) is 12.2 Å². The Morgan fingerprint density at radius 2 is 2.24 bits per heavy atom. The van der Waals surface area contributed by atoms with E-state index in [4.69, 9.17) is 5.11 Å². The lowest BCUT2D eigenvalue weighted by atomic mass is 10.3. The zero-order valence-electron chi connectivity index (χ0n) is 9.64. The van der Waals surface area contributed by atoms with Gasteiger partial charge in [-0.3, -0.25) is 4.79 Å². The van der Waals surface area contributed by atoms with E-state index in [9.17, 15) is 9.59 Å². The van der Waals surface area contributed by atoms with E-state index < -0.39 is 5.97 Å². The van der Waals surface area contributed by atoms with Crippen molar-refractivity contribution in [2.45, 2.75) is 24.9 Å². The highest BCUT2D eigenvalue weighted by Gasteiger charge is 2.07. The van der Waals surface area contributed by atoms with E-state index in [1.807, 2.05) is 13.8 Å². The molecule has 2 N–H and O–H groups in total. The summed E-state index contributed by atoms with van der Waals surface area (Å²) in [6.45, 7) is 3.76. The number of hydrogen-bond acceptors (Lipinski definition) is 4. The fourth-order valence-electron chi connectivity index (χ4n) is 1.12. The van der Waals surface area contributed by atoms with Gasteiger partial charge in [0.2, 0.25) is 5.91 Å². The van der Waals surface area contributed by atoms with Crippen LogP contribution in [-0.2, 0) is 4.79 Å². The minimum absolute atomic E-state index is 0.0903. The molecule has 0 spiro atoms. The first-order valence-electron chi connectivity index (χ1n) is 5.10. The number of nitrogens with one attached hydrogen (secondary N) is 1. The standard InChI is InChI=1S/C11H14N2O3S/c1-7(2)13-9(14)6-17-10-5-8(11(15)16)3-4-12-10/h3-5,7H,6H2,1-2H3,(H,13,14)(H,15,16). The molecule has 92 valence electrons. The smallest absolute Gasteiger partial charge is 0.335 e. The summed E-state index contributed by atoms with van der Waals surface area (Å²) in [6, 6.07) is 2.97. The first-order chi connectivity index (χ1) is 7.99. The largest absolute Gasteiger partial charge is 0.478 e. The molecule has 5 nitrogen and oxygen atoms in total. The van der Waals surface area contributed by atoms with Crippen LogP contribution >= 0.6 is 11.8 Å². The highest BCUT2D eigenvalue weighted by Crippen LogP contribution is 2.15. The Morgan fingerprint density at radius 1 is 1.53 bits per heavy atom. The lowest BCUT2D eigenvalue weighted by Crippen LogP contribution is -2.31. The van der Waals surface area contributed by atoms with Crippen molar-refractivity contribution in [1.82, 2.24) is 10.3 Å². The molecule has 0 saturated heterocycles. The number of carbonyl (C=O) groups excluding carboxylic acids is 1. The van der Waals surface area contributed by atoms with Gasteiger partial charge < -0.3 is 10.4 Å². The summed E-state index contributed by atoms with van der Waals surface area (Å²) in [6.07, 6.45) is 1.42. The van der Waals surface area contributed by atoms with E-state index in [1.165, 1.54) is 30.1 Å². The van der Waals surface area contributed by atoms with Crippen LogP contribution in [-0.4, -0.2) is 33.8 Å². The molecule has 0 saturated carbocycles. The average molecular weight is 254 g/mol. The molecule has 1 amide bonds. The molecular formula is C11H14N2O3S. The molecule has 1 aromatic rings. The molecule has 1 aromatic heterocycles. The SMILES string of the molecule is CC(C)NC(=O)CSc1cc(C(=O)O)ccn1. The molecular weight excluding hydrogens is 240 g/mol. The molecule has 0 unspecified atom stereocenters.